The predicted molar refractivity (Wildman–Crippen MR) is 115 cm³/mol. The van der Waals surface area contributed by atoms with Crippen LogP contribution in [0.15, 0.2) is 60.2 Å². The van der Waals surface area contributed by atoms with Crippen molar-refractivity contribution in [1.29, 1.82) is 0 Å². The second-order valence-electron chi connectivity index (χ2n) is 5.94. The van der Waals surface area contributed by atoms with Crippen LogP contribution in [0.1, 0.15) is 16.8 Å². The van der Waals surface area contributed by atoms with Gasteiger partial charge in [-0.05, 0) is 30.6 Å². The van der Waals surface area contributed by atoms with Crippen LogP contribution >= 0.6 is 23.1 Å². The van der Waals surface area contributed by atoms with Crippen LogP contribution in [0.3, 0.4) is 0 Å². The van der Waals surface area contributed by atoms with E-state index >= 15 is 0 Å². The highest BCUT2D eigenvalue weighted by Gasteiger charge is 2.22. The second-order valence-corrected chi connectivity index (χ2v) is 7.79. The molecule has 0 aliphatic heterocycles. The molecule has 1 aromatic carbocycles. The third-order valence-electron chi connectivity index (χ3n) is 3.96. The van der Waals surface area contributed by atoms with Crippen molar-refractivity contribution in [1.82, 2.24) is 15.3 Å². The molecule has 0 fully saturated rings. The van der Waals surface area contributed by atoms with Crippen LogP contribution < -0.4 is 10.6 Å². The standard InChI is InChI=1S/C20H20N4O2S2/c1-27-11-9-16(22-18(25)15-8-5-10-21-12-15)19(26)24-20-23-17(13-28-20)14-6-3-2-4-7-14/h2-8,10,12-13,16H,9,11H2,1H3,(H,22,25)(H,23,24,26). The number of hydrogen-bond donors (Lipinski definition) is 2. The van der Waals surface area contributed by atoms with Gasteiger partial charge in [0.05, 0.1) is 11.3 Å². The maximum atomic E-state index is 12.7. The monoisotopic (exact) mass is 412 g/mol. The average molecular weight is 413 g/mol. The van der Waals surface area contributed by atoms with E-state index in [0.717, 1.165) is 17.0 Å². The van der Waals surface area contributed by atoms with Gasteiger partial charge in [0.15, 0.2) is 5.13 Å². The van der Waals surface area contributed by atoms with Gasteiger partial charge >= 0.3 is 0 Å². The summed E-state index contributed by atoms with van der Waals surface area (Å²) in [5, 5.41) is 8.03. The molecule has 0 aliphatic rings. The first-order chi connectivity index (χ1) is 13.7. The number of carbonyl (C=O) groups is 2. The number of anilines is 1. The Kier molecular flexibility index (Phi) is 7.16. The van der Waals surface area contributed by atoms with Gasteiger partial charge in [0.1, 0.15) is 6.04 Å². The van der Waals surface area contributed by atoms with E-state index in [0.29, 0.717) is 17.1 Å². The van der Waals surface area contributed by atoms with Crippen LogP contribution in [-0.4, -0.2) is 39.8 Å². The fourth-order valence-corrected chi connectivity index (χ4v) is 3.70. The van der Waals surface area contributed by atoms with Crippen molar-refractivity contribution < 1.29 is 9.59 Å². The van der Waals surface area contributed by atoms with Crippen molar-refractivity contribution in [3.63, 3.8) is 0 Å². The third kappa shape index (κ3) is 5.40. The van der Waals surface area contributed by atoms with Crippen molar-refractivity contribution in [3.05, 3.63) is 65.8 Å². The molecule has 0 radical (unpaired) electrons. The number of carbonyl (C=O) groups excluding carboxylic acids is 2. The Labute approximate surface area is 171 Å². The maximum absolute atomic E-state index is 12.7. The summed E-state index contributed by atoms with van der Waals surface area (Å²) in [5.74, 6) is 0.150. The number of pyridine rings is 1. The number of nitrogens with zero attached hydrogens (tertiary/aromatic N) is 2. The minimum Gasteiger partial charge on any atom is -0.340 e. The molecule has 1 unspecified atom stereocenters. The summed E-state index contributed by atoms with van der Waals surface area (Å²) in [5.41, 5.74) is 2.22. The number of hydrogen-bond acceptors (Lipinski definition) is 6. The number of rotatable bonds is 8. The molecule has 2 heterocycles. The van der Waals surface area contributed by atoms with Gasteiger partial charge in [-0.15, -0.1) is 11.3 Å². The van der Waals surface area contributed by atoms with Gasteiger partial charge in [-0.2, -0.15) is 11.8 Å². The van der Waals surface area contributed by atoms with E-state index in [9.17, 15) is 9.59 Å². The number of aromatic nitrogens is 2. The molecule has 0 saturated heterocycles. The molecule has 2 N–H and O–H groups in total. The molecule has 2 amide bonds. The first-order valence-corrected chi connectivity index (χ1v) is 11.0. The molecule has 0 aliphatic carbocycles. The lowest BCUT2D eigenvalue weighted by atomic mass is 10.2. The number of thiazole rings is 1. The first-order valence-electron chi connectivity index (χ1n) is 8.69. The minimum absolute atomic E-state index is 0.278. The summed E-state index contributed by atoms with van der Waals surface area (Å²) in [6, 6.07) is 12.5. The Morgan fingerprint density at radius 1 is 1.18 bits per heavy atom. The Hall–Kier alpha value is -2.71. The Morgan fingerprint density at radius 2 is 2.00 bits per heavy atom. The SMILES string of the molecule is CSCCC(NC(=O)c1cccnc1)C(=O)Nc1nc(-c2ccccc2)cs1. The number of amides is 2. The van der Waals surface area contributed by atoms with Crippen LogP contribution in [0.5, 0.6) is 0 Å². The summed E-state index contributed by atoms with van der Waals surface area (Å²) in [7, 11) is 0. The average Bonchev–Trinajstić information content (AvgIpc) is 3.20. The highest BCUT2D eigenvalue weighted by molar-refractivity contribution is 7.98. The first kappa shape index (κ1) is 20.0. The summed E-state index contributed by atoms with van der Waals surface area (Å²) < 4.78 is 0. The van der Waals surface area contributed by atoms with Crippen molar-refractivity contribution in [3.8, 4) is 11.3 Å². The van der Waals surface area contributed by atoms with Gasteiger partial charge in [0, 0.05) is 23.3 Å². The Bertz CT molecular complexity index is 916. The van der Waals surface area contributed by atoms with E-state index in [1.165, 1.54) is 17.5 Å². The molecule has 0 spiro atoms. The van der Waals surface area contributed by atoms with Crippen molar-refractivity contribution in [2.75, 3.05) is 17.3 Å². The molecule has 0 saturated carbocycles. The van der Waals surface area contributed by atoms with Crippen molar-refractivity contribution >= 4 is 40.0 Å². The summed E-state index contributed by atoms with van der Waals surface area (Å²) >= 11 is 2.98. The zero-order chi connectivity index (χ0) is 19.8. The summed E-state index contributed by atoms with van der Waals surface area (Å²) in [6.07, 6.45) is 5.56. The number of nitrogens with one attached hydrogen (secondary N) is 2. The smallest absolute Gasteiger partial charge is 0.253 e. The molecule has 2 aromatic heterocycles. The normalized spacial score (nSPS) is 11.6. The molecular formula is C20H20N4O2S2. The molecule has 3 rings (SSSR count). The number of thioether (sulfide) groups is 1. The van der Waals surface area contributed by atoms with Gasteiger partial charge in [0.2, 0.25) is 5.91 Å². The Morgan fingerprint density at radius 3 is 2.71 bits per heavy atom. The largest absolute Gasteiger partial charge is 0.340 e. The molecule has 6 nitrogen and oxygen atoms in total. The van der Waals surface area contributed by atoms with Crippen LogP contribution in [0.25, 0.3) is 11.3 Å². The molecule has 0 bridgehead atoms. The molecule has 28 heavy (non-hydrogen) atoms. The maximum Gasteiger partial charge on any atom is 0.253 e. The van der Waals surface area contributed by atoms with E-state index in [4.69, 9.17) is 0 Å². The van der Waals surface area contributed by atoms with Crippen LogP contribution in [-0.2, 0) is 4.79 Å². The topological polar surface area (TPSA) is 84.0 Å². The quantitative estimate of drug-likeness (QED) is 0.589. The zero-order valence-corrected chi connectivity index (χ0v) is 16.9. The van der Waals surface area contributed by atoms with Gasteiger partial charge < -0.3 is 10.6 Å². The van der Waals surface area contributed by atoms with Gasteiger partial charge in [-0.1, -0.05) is 30.3 Å². The highest BCUT2D eigenvalue weighted by Crippen LogP contribution is 2.24. The fraction of sp³-hybridized carbons (Fsp3) is 0.200. The van der Waals surface area contributed by atoms with Crippen molar-refractivity contribution in [2.24, 2.45) is 0 Å². The lowest BCUT2D eigenvalue weighted by molar-refractivity contribution is -0.118. The molecule has 3 aromatic rings. The minimum atomic E-state index is -0.649. The lowest BCUT2D eigenvalue weighted by Gasteiger charge is -2.17. The number of benzene rings is 1. The van der Waals surface area contributed by atoms with E-state index in [2.05, 4.69) is 20.6 Å². The van der Waals surface area contributed by atoms with Gasteiger partial charge in [0.25, 0.3) is 5.91 Å². The molecule has 8 heteroatoms. The molecular weight excluding hydrogens is 392 g/mol. The summed E-state index contributed by atoms with van der Waals surface area (Å²) in [6.45, 7) is 0. The van der Waals surface area contributed by atoms with E-state index in [1.54, 1.807) is 30.1 Å². The molecule has 1 atom stereocenters. The van der Waals surface area contributed by atoms with E-state index in [1.807, 2.05) is 42.0 Å². The molecule has 144 valence electrons. The predicted octanol–water partition coefficient (Wildman–Crippen LogP) is 3.70. The van der Waals surface area contributed by atoms with Crippen molar-refractivity contribution in [2.45, 2.75) is 12.5 Å². The third-order valence-corrected chi connectivity index (χ3v) is 5.36. The van der Waals surface area contributed by atoms with Crippen LogP contribution in [0.4, 0.5) is 5.13 Å². The fourth-order valence-electron chi connectivity index (χ4n) is 2.51. The summed E-state index contributed by atoms with van der Waals surface area (Å²) in [4.78, 5) is 33.6. The zero-order valence-electron chi connectivity index (χ0n) is 15.3. The van der Waals surface area contributed by atoms with E-state index < -0.39 is 6.04 Å². The van der Waals surface area contributed by atoms with E-state index in [-0.39, 0.29) is 11.8 Å². The second kappa shape index (κ2) is 10.0. The van der Waals surface area contributed by atoms with Crippen LogP contribution in [0.2, 0.25) is 0 Å². The lowest BCUT2D eigenvalue weighted by Crippen LogP contribution is -2.44. The van der Waals surface area contributed by atoms with Gasteiger partial charge in [-0.3, -0.25) is 14.6 Å². The Balaban J connectivity index is 1.68. The van der Waals surface area contributed by atoms with Crippen LogP contribution in [0, 0.1) is 0 Å². The van der Waals surface area contributed by atoms with Gasteiger partial charge in [-0.25, -0.2) is 4.98 Å². The highest BCUT2D eigenvalue weighted by atomic mass is 32.2.